The van der Waals surface area contributed by atoms with Gasteiger partial charge in [-0.15, -0.1) is 0 Å². The van der Waals surface area contributed by atoms with Crippen molar-refractivity contribution in [2.45, 2.75) is 6.42 Å². The third-order valence-electron chi connectivity index (χ3n) is 1.87. The fourth-order valence-corrected chi connectivity index (χ4v) is 1.36. The number of methoxy groups -OCH3 is 1. The summed E-state index contributed by atoms with van der Waals surface area (Å²) in [6.07, 6.45) is 5.09. The summed E-state index contributed by atoms with van der Waals surface area (Å²) in [7, 11) is 1.65. The first kappa shape index (κ1) is 11.1. The number of hydrogen-bond acceptors (Lipinski definition) is 2. The zero-order chi connectivity index (χ0) is 10.4. The molecule has 2 N–H and O–H groups in total. The Morgan fingerprint density at radius 1 is 1.50 bits per heavy atom. The quantitative estimate of drug-likeness (QED) is 0.663. The van der Waals surface area contributed by atoms with Gasteiger partial charge in [-0.25, -0.2) is 0 Å². The van der Waals surface area contributed by atoms with E-state index in [1.54, 1.807) is 7.11 Å². The highest BCUT2D eigenvalue weighted by molar-refractivity contribution is 9.09. The van der Waals surface area contributed by atoms with Crippen LogP contribution in [0.15, 0.2) is 24.3 Å². The van der Waals surface area contributed by atoms with E-state index < -0.39 is 0 Å². The van der Waals surface area contributed by atoms with E-state index in [4.69, 9.17) is 10.5 Å². The molecular weight excluding hydrogens is 242 g/mol. The van der Waals surface area contributed by atoms with Crippen molar-refractivity contribution >= 4 is 27.7 Å². The monoisotopic (exact) mass is 255 g/mol. The Labute approximate surface area is 92.9 Å². The molecular formula is C11H14BrNO. The molecule has 0 spiro atoms. The van der Waals surface area contributed by atoms with E-state index in [1.165, 1.54) is 0 Å². The van der Waals surface area contributed by atoms with Crippen molar-refractivity contribution in [1.82, 2.24) is 0 Å². The molecule has 0 heterocycles. The fraction of sp³-hybridized carbons (Fsp3) is 0.273. The van der Waals surface area contributed by atoms with E-state index in [0.29, 0.717) is 0 Å². The van der Waals surface area contributed by atoms with Gasteiger partial charge >= 0.3 is 0 Å². The summed E-state index contributed by atoms with van der Waals surface area (Å²) in [5.41, 5.74) is 7.59. The second-order valence-electron chi connectivity index (χ2n) is 2.87. The molecule has 0 atom stereocenters. The predicted molar refractivity (Wildman–Crippen MR) is 64.9 cm³/mol. The Morgan fingerprint density at radius 2 is 2.29 bits per heavy atom. The molecule has 14 heavy (non-hydrogen) atoms. The van der Waals surface area contributed by atoms with Crippen molar-refractivity contribution < 1.29 is 4.74 Å². The Morgan fingerprint density at radius 3 is 2.93 bits per heavy atom. The van der Waals surface area contributed by atoms with Gasteiger partial charge in [0.2, 0.25) is 0 Å². The molecule has 0 unspecified atom stereocenters. The molecule has 1 rings (SSSR count). The number of nitrogen functional groups attached to an aromatic ring is 1. The van der Waals surface area contributed by atoms with Crippen LogP contribution in [0.4, 0.5) is 5.69 Å². The van der Waals surface area contributed by atoms with Crippen LogP contribution in [-0.2, 0) is 0 Å². The molecule has 76 valence electrons. The Bertz CT molecular complexity index is 323. The summed E-state index contributed by atoms with van der Waals surface area (Å²) < 4.78 is 5.12. The van der Waals surface area contributed by atoms with Crippen molar-refractivity contribution in [2.75, 3.05) is 18.2 Å². The van der Waals surface area contributed by atoms with Crippen LogP contribution < -0.4 is 10.5 Å². The molecule has 1 aromatic rings. The van der Waals surface area contributed by atoms with E-state index >= 15 is 0 Å². The van der Waals surface area contributed by atoms with Crippen molar-refractivity contribution in [1.29, 1.82) is 0 Å². The van der Waals surface area contributed by atoms with Gasteiger partial charge in [0.25, 0.3) is 0 Å². The molecule has 0 aliphatic carbocycles. The third kappa shape index (κ3) is 3.07. The number of halogens is 1. The van der Waals surface area contributed by atoms with Crippen LogP contribution >= 0.6 is 15.9 Å². The first-order valence-corrected chi connectivity index (χ1v) is 5.56. The lowest BCUT2D eigenvalue weighted by Gasteiger charge is -2.03. The van der Waals surface area contributed by atoms with Gasteiger partial charge < -0.3 is 10.5 Å². The Hall–Kier alpha value is -0.960. The molecule has 0 aromatic heterocycles. The van der Waals surface area contributed by atoms with Crippen LogP contribution in [0.5, 0.6) is 5.75 Å². The summed E-state index contributed by atoms with van der Waals surface area (Å²) in [5, 5.41) is 0.966. The average molecular weight is 256 g/mol. The van der Waals surface area contributed by atoms with Crippen molar-refractivity contribution in [3.8, 4) is 5.75 Å². The molecule has 0 aliphatic rings. The van der Waals surface area contributed by atoms with Gasteiger partial charge in [0.1, 0.15) is 5.75 Å². The lowest BCUT2D eigenvalue weighted by Crippen LogP contribution is -1.90. The topological polar surface area (TPSA) is 35.2 Å². The molecule has 3 heteroatoms. The molecule has 2 nitrogen and oxygen atoms in total. The van der Waals surface area contributed by atoms with E-state index in [-0.39, 0.29) is 0 Å². The molecule has 0 fully saturated rings. The van der Waals surface area contributed by atoms with Crippen LogP contribution in [0.25, 0.3) is 6.08 Å². The highest BCUT2D eigenvalue weighted by atomic mass is 79.9. The SMILES string of the molecule is COc1ccc(N)c(C=CCCBr)c1. The van der Waals surface area contributed by atoms with Gasteiger partial charge in [0, 0.05) is 16.6 Å². The standard InChI is InChI=1S/C11H14BrNO/c1-14-10-5-6-11(13)9(8-10)4-2-3-7-12/h2,4-6,8H,3,7,13H2,1H3. The number of hydrogen-bond donors (Lipinski definition) is 1. The average Bonchev–Trinajstić information content (AvgIpc) is 2.21. The fourth-order valence-electron chi connectivity index (χ4n) is 1.10. The van der Waals surface area contributed by atoms with E-state index in [0.717, 1.165) is 28.8 Å². The highest BCUT2D eigenvalue weighted by Gasteiger charge is 1.97. The van der Waals surface area contributed by atoms with Crippen molar-refractivity contribution in [3.63, 3.8) is 0 Å². The molecule has 0 aliphatic heterocycles. The molecule has 1 aromatic carbocycles. The normalized spacial score (nSPS) is 10.7. The van der Waals surface area contributed by atoms with Gasteiger partial charge in [0.15, 0.2) is 0 Å². The van der Waals surface area contributed by atoms with E-state index in [2.05, 4.69) is 22.0 Å². The maximum atomic E-state index is 5.81. The smallest absolute Gasteiger partial charge is 0.119 e. The second kappa shape index (κ2) is 5.70. The Kier molecular flexibility index (Phi) is 4.53. The molecule has 0 saturated heterocycles. The van der Waals surface area contributed by atoms with Gasteiger partial charge in [-0.1, -0.05) is 28.1 Å². The molecule has 0 saturated carbocycles. The summed E-state index contributed by atoms with van der Waals surface area (Å²) in [4.78, 5) is 0. The number of nitrogens with two attached hydrogens (primary N) is 1. The number of ether oxygens (including phenoxy) is 1. The van der Waals surface area contributed by atoms with E-state index in [9.17, 15) is 0 Å². The second-order valence-corrected chi connectivity index (χ2v) is 3.67. The predicted octanol–water partition coefficient (Wildman–Crippen LogP) is 3.08. The lowest BCUT2D eigenvalue weighted by atomic mass is 10.1. The zero-order valence-electron chi connectivity index (χ0n) is 8.16. The lowest BCUT2D eigenvalue weighted by molar-refractivity contribution is 0.415. The van der Waals surface area contributed by atoms with E-state index in [1.807, 2.05) is 24.3 Å². The minimum Gasteiger partial charge on any atom is -0.497 e. The van der Waals surface area contributed by atoms with Gasteiger partial charge in [-0.2, -0.15) is 0 Å². The van der Waals surface area contributed by atoms with Gasteiger partial charge in [-0.3, -0.25) is 0 Å². The largest absolute Gasteiger partial charge is 0.497 e. The number of allylic oxidation sites excluding steroid dienone is 1. The summed E-state index contributed by atoms with van der Waals surface area (Å²) >= 11 is 3.36. The van der Waals surface area contributed by atoms with Crippen molar-refractivity contribution in [2.24, 2.45) is 0 Å². The maximum Gasteiger partial charge on any atom is 0.119 e. The summed E-state index contributed by atoms with van der Waals surface area (Å²) in [6.45, 7) is 0. The third-order valence-corrected chi connectivity index (χ3v) is 2.32. The molecule has 0 radical (unpaired) electrons. The first-order chi connectivity index (χ1) is 6.77. The minimum absolute atomic E-state index is 0.775. The zero-order valence-corrected chi connectivity index (χ0v) is 9.75. The number of benzene rings is 1. The maximum absolute atomic E-state index is 5.81. The van der Waals surface area contributed by atoms with Crippen LogP contribution in [0.3, 0.4) is 0 Å². The van der Waals surface area contributed by atoms with Crippen LogP contribution in [-0.4, -0.2) is 12.4 Å². The Balaban J connectivity index is 2.83. The van der Waals surface area contributed by atoms with Crippen molar-refractivity contribution in [3.05, 3.63) is 29.8 Å². The minimum atomic E-state index is 0.775. The number of anilines is 1. The first-order valence-electron chi connectivity index (χ1n) is 4.44. The summed E-state index contributed by atoms with van der Waals surface area (Å²) in [5.74, 6) is 0.831. The summed E-state index contributed by atoms with van der Waals surface area (Å²) in [6, 6.07) is 5.64. The number of rotatable bonds is 4. The van der Waals surface area contributed by atoms with Gasteiger partial charge in [0.05, 0.1) is 7.11 Å². The highest BCUT2D eigenvalue weighted by Crippen LogP contribution is 2.20. The van der Waals surface area contributed by atoms with Gasteiger partial charge in [-0.05, 0) is 24.6 Å². The number of alkyl halides is 1. The van der Waals surface area contributed by atoms with Crippen LogP contribution in [0.2, 0.25) is 0 Å². The van der Waals surface area contributed by atoms with Crippen LogP contribution in [0.1, 0.15) is 12.0 Å². The van der Waals surface area contributed by atoms with Crippen LogP contribution in [0, 0.1) is 0 Å². The molecule has 0 amide bonds. The molecule has 0 bridgehead atoms.